The molecule has 0 aromatic heterocycles. The van der Waals surface area contributed by atoms with Crippen molar-refractivity contribution >= 4 is 63.2 Å². The van der Waals surface area contributed by atoms with Gasteiger partial charge in [-0.05, 0) is 80.1 Å². The summed E-state index contributed by atoms with van der Waals surface area (Å²) in [6.45, 7) is 20.4. The summed E-state index contributed by atoms with van der Waals surface area (Å²) >= 11 is -11.2. The van der Waals surface area contributed by atoms with Crippen molar-refractivity contribution in [2.24, 2.45) is 0 Å². The van der Waals surface area contributed by atoms with Crippen LogP contribution < -0.4 is 0 Å². The van der Waals surface area contributed by atoms with Crippen LogP contribution in [-0.4, -0.2) is 29.3 Å². The normalized spacial score (nSPS) is 14.3. The Labute approximate surface area is 254 Å². The molecular weight excluding hydrogens is 701 g/mol. The third-order valence-electron chi connectivity index (χ3n) is 7.81. The van der Waals surface area contributed by atoms with Crippen LogP contribution in [0.15, 0.2) is 18.2 Å². The monoisotopic (exact) mass is 738 g/mol. The molecule has 0 saturated heterocycles. The van der Waals surface area contributed by atoms with Gasteiger partial charge in [0.05, 0.1) is 20.6 Å². The van der Waals surface area contributed by atoms with Crippen molar-refractivity contribution in [2.75, 3.05) is 0 Å². The Morgan fingerprint density at radius 3 is 1.02 bits per heavy atom. The molecule has 4 rings (SSSR count). The molecule has 0 heterocycles. The summed E-state index contributed by atoms with van der Waals surface area (Å²) < 4.78 is 59.6. The van der Waals surface area contributed by atoms with Crippen LogP contribution in [0.1, 0.15) is 127 Å². The first kappa shape index (κ1) is 35.6. The van der Waals surface area contributed by atoms with Gasteiger partial charge in [-0.25, -0.2) is 0 Å². The molecule has 0 saturated carbocycles. The van der Waals surface area contributed by atoms with Crippen LogP contribution in [0, 0.1) is 20.2 Å². The molecule has 0 aliphatic carbocycles. The van der Waals surface area contributed by atoms with Gasteiger partial charge < -0.3 is 0 Å². The number of halogens is 6. The van der Waals surface area contributed by atoms with Gasteiger partial charge in [0.2, 0.25) is 0 Å². The van der Waals surface area contributed by atoms with Gasteiger partial charge >= 0.3 is 36.4 Å². The van der Waals surface area contributed by atoms with Gasteiger partial charge in [0.15, 0.2) is 0 Å². The van der Waals surface area contributed by atoms with Gasteiger partial charge in [0.1, 0.15) is 5.56 Å². The van der Waals surface area contributed by atoms with Crippen molar-refractivity contribution in [3.05, 3.63) is 66.2 Å². The molecule has 0 aliphatic rings. The Hall–Kier alpha value is -2.88. The van der Waals surface area contributed by atoms with Crippen LogP contribution in [0.4, 0.5) is 28.3 Å². The van der Waals surface area contributed by atoms with E-state index in [1.54, 1.807) is 0 Å². The molecule has 4 aromatic carbocycles. The summed E-state index contributed by atoms with van der Waals surface area (Å²) in [7, 11) is 0. The van der Waals surface area contributed by atoms with E-state index in [9.17, 15) is 37.1 Å². The minimum absolute atomic E-state index is 0.000869. The fraction of sp³-hybridized carbons (Fsp3) is 0.484. The second-order valence-electron chi connectivity index (χ2n) is 12.9. The molecule has 13 heteroatoms. The zero-order valence-corrected chi connectivity index (χ0v) is 28.9. The fourth-order valence-corrected chi connectivity index (χ4v) is 6.14. The summed E-state index contributed by atoms with van der Waals surface area (Å²) in [4.78, 5) is 24.8. The van der Waals surface area contributed by atoms with Crippen LogP contribution in [-0.2, 0) is 0 Å². The summed E-state index contributed by atoms with van der Waals surface area (Å²) in [5, 5.41) is 30.4. The van der Waals surface area contributed by atoms with Gasteiger partial charge in [-0.2, -0.15) is 0 Å². The van der Waals surface area contributed by atoms with Crippen LogP contribution in [0.2, 0.25) is 0 Å². The van der Waals surface area contributed by atoms with Crippen LogP contribution in [0.3, 0.4) is 0 Å². The number of rotatable bonds is 7. The third kappa shape index (κ3) is 7.16. The molecular formula is C31H38F6N2O4Sb-. The van der Waals surface area contributed by atoms with Crippen molar-refractivity contribution < 1.29 is 26.7 Å². The molecule has 44 heavy (non-hydrogen) atoms. The maximum absolute atomic E-state index is 12.8. The van der Waals surface area contributed by atoms with Gasteiger partial charge in [-0.15, -0.1) is 0 Å². The molecule has 0 N–H and O–H groups in total. The molecule has 0 unspecified atom stereocenters. The van der Waals surface area contributed by atoms with Gasteiger partial charge in [0, 0.05) is 5.39 Å². The van der Waals surface area contributed by atoms with Crippen molar-refractivity contribution in [3.8, 4) is 0 Å². The molecule has 4 aromatic rings. The molecule has 0 radical (unpaired) electrons. The average molecular weight is 739 g/mol. The molecule has 0 aliphatic heterocycles. The molecule has 6 nitrogen and oxygen atoms in total. The van der Waals surface area contributed by atoms with E-state index < -0.39 is 19.5 Å². The van der Waals surface area contributed by atoms with E-state index in [4.69, 9.17) is 0 Å². The van der Waals surface area contributed by atoms with Crippen LogP contribution in [0.5, 0.6) is 0 Å². The van der Waals surface area contributed by atoms with Crippen molar-refractivity contribution in [3.63, 3.8) is 0 Å². The minimum atomic E-state index is -11.2. The van der Waals surface area contributed by atoms with E-state index >= 15 is 0 Å². The first-order chi connectivity index (χ1) is 19.6. The van der Waals surface area contributed by atoms with E-state index in [1.165, 1.54) is 11.1 Å². The third-order valence-corrected chi connectivity index (χ3v) is 7.81. The zero-order valence-electron chi connectivity index (χ0n) is 26.4. The second kappa shape index (κ2) is 10.9. The summed E-state index contributed by atoms with van der Waals surface area (Å²) in [5.41, 5.74) is 4.11. The summed E-state index contributed by atoms with van der Waals surface area (Å²) in [6.07, 6.45) is 0. The van der Waals surface area contributed by atoms with E-state index in [0.29, 0.717) is 16.2 Å². The first-order valence-corrected chi connectivity index (χ1v) is 20.2. The number of hydrogen-bond acceptors (Lipinski definition) is 4. The van der Waals surface area contributed by atoms with E-state index in [0.717, 1.165) is 27.3 Å². The maximum atomic E-state index is 12.8. The Morgan fingerprint density at radius 2 is 0.795 bits per heavy atom. The SMILES string of the molecule is CC(C)c1c([N+](=O)[O-])c2c(C(C)C)cc3c(C(C)C)cc(C(C)C)c4cc(C(C)C)c(c1[15N+](=O)[O-])c2c34.[F][Sb-]([F])([F])([F])([F])[F]. The average Bonchev–Trinajstić information content (AvgIpc) is 2.82. The van der Waals surface area contributed by atoms with E-state index in [2.05, 4.69) is 45.9 Å². The number of benzene rings is 4. The number of nitro groups is 2. The number of nitrogens with zero attached hydrogens (tertiary/aromatic N) is 2. The Morgan fingerprint density at radius 1 is 0.500 bits per heavy atom. The van der Waals surface area contributed by atoms with Crippen molar-refractivity contribution in [2.45, 2.75) is 98.8 Å². The molecule has 0 atom stereocenters. The predicted molar refractivity (Wildman–Crippen MR) is 166 cm³/mol. The Kier molecular flexibility index (Phi) is 8.80. The molecule has 0 bridgehead atoms. The van der Waals surface area contributed by atoms with E-state index in [1.807, 2.05) is 41.5 Å². The van der Waals surface area contributed by atoms with Crippen molar-refractivity contribution in [1.29, 1.82) is 0 Å². The fourth-order valence-electron chi connectivity index (χ4n) is 6.14. The molecule has 0 fully saturated rings. The molecule has 0 spiro atoms. The van der Waals surface area contributed by atoms with Crippen LogP contribution in [0.25, 0.3) is 32.3 Å². The Balaban J connectivity index is 0.000000676. The quantitative estimate of drug-likeness (QED) is 0.0472. The van der Waals surface area contributed by atoms with Crippen molar-refractivity contribution in [1.82, 2.24) is 0 Å². The summed E-state index contributed by atoms with van der Waals surface area (Å²) in [5.74, 6) is 0.0593. The number of nitro benzene ring substituents is 2. The predicted octanol–water partition coefficient (Wildman–Crippen LogP) is 12.2. The topological polar surface area (TPSA) is 86.3 Å². The second-order valence-corrected chi connectivity index (χ2v) is 18.4. The summed E-state index contributed by atoms with van der Waals surface area (Å²) in [6, 6.07) is 6.55. The van der Waals surface area contributed by atoms with Gasteiger partial charge in [0.25, 0.3) is 11.4 Å². The first-order valence-electron chi connectivity index (χ1n) is 14.4. The zero-order chi connectivity index (χ0) is 34.1. The molecule has 0 amide bonds. The van der Waals surface area contributed by atoms with Gasteiger partial charge in [-0.3, -0.25) is 20.2 Å². The van der Waals surface area contributed by atoms with Gasteiger partial charge in [-0.1, -0.05) is 75.3 Å². The van der Waals surface area contributed by atoms with Crippen LogP contribution >= 0.6 is 0 Å². The Bertz CT molecular complexity index is 1680. The standard InChI is InChI=1S/C31H38N2O4.6FH.Sb/c1-14(2)19-11-20(15(3)4)24-13-22(17(7)8)28-29-26(24)23(19)12-21(16(5)6)27(29)30(32(34)35)25(18(9)10)31(28)33(36)37;;;;;;;/h11-18H,1-10H3;6*1H;/q;;;;;;;+5/p-6/i32+1;;;;;;;. The van der Waals surface area contributed by atoms with E-state index in [-0.39, 0.29) is 56.4 Å². The molecule has 244 valence electrons. The number of hydrogen-bond donors (Lipinski definition) is 0.